The van der Waals surface area contributed by atoms with Gasteiger partial charge in [0.25, 0.3) is 0 Å². The lowest BCUT2D eigenvalue weighted by molar-refractivity contribution is 0.423. The minimum absolute atomic E-state index is 0.183. The lowest BCUT2D eigenvalue weighted by Gasteiger charge is -2.18. The second-order valence-corrected chi connectivity index (χ2v) is 4.64. The van der Waals surface area contributed by atoms with E-state index in [1.165, 1.54) is 18.2 Å². The van der Waals surface area contributed by atoms with Gasteiger partial charge in [0, 0.05) is 17.7 Å². The van der Waals surface area contributed by atoms with E-state index in [4.69, 9.17) is 4.74 Å². The van der Waals surface area contributed by atoms with Crippen LogP contribution in [0.25, 0.3) is 0 Å². The maximum Gasteiger partial charge on any atom is 0.165 e. The van der Waals surface area contributed by atoms with Crippen molar-refractivity contribution >= 4 is 0 Å². The largest absolute Gasteiger partial charge is 0.454 e. The van der Waals surface area contributed by atoms with Crippen molar-refractivity contribution in [2.24, 2.45) is 0 Å². The number of benzene rings is 2. The quantitative estimate of drug-likeness (QED) is 0.872. The molecule has 1 N–H and O–H groups in total. The summed E-state index contributed by atoms with van der Waals surface area (Å²) in [6, 6.07) is 6.71. The van der Waals surface area contributed by atoms with Gasteiger partial charge in [-0.15, -0.1) is 0 Å². The normalized spacial score (nSPS) is 12.2. The van der Waals surface area contributed by atoms with Crippen LogP contribution in [0, 0.1) is 17.5 Å². The second-order valence-electron chi connectivity index (χ2n) is 4.64. The average Bonchev–Trinajstić information content (AvgIpc) is 2.45. The lowest BCUT2D eigenvalue weighted by atomic mass is 10.1. The molecule has 5 heteroatoms. The van der Waals surface area contributed by atoms with E-state index < -0.39 is 17.5 Å². The summed E-state index contributed by atoms with van der Waals surface area (Å²) < 4.78 is 45.6. The average molecular weight is 295 g/mol. The minimum Gasteiger partial charge on any atom is -0.454 e. The van der Waals surface area contributed by atoms with Crippen molar-refractivity contribution in [3.63, 3.8) is 0 Å². The first kappa shape index (κ1) is 15.4. The molecule has 0 heterocycles. The summed E-state index contributed by atoms with van der Waals surface area (Å²) in [5.74, 6) is -1.64. The van der Waals surface area contributed by atoms with Gasteiger partial charge in [-0.2, -0.15) is 0 Å². The molecule has 0 aliphatic heterocycles. The van der Waals surface area contributed by atoms with Crippen LogP contribution in [0.3, 0.4) is 0 Å². The number of halogens is 3. The Morgan fingerprint density at radius 3 is 2.38 bits per heavy atom. The molecule has 1 unspecified atom stereocenters. The highest BCUT2D eigenvalue weighted by molar-refractivity contribution is 5.40. The Hall–Kier alpha value is -2.01. The third-order valence-corrected chi connectivity index (χ3v) is 3.06. The smallest absolute Gasteiger partial charge is 0.165 e. The molecule has 0 bridgehead atoms. The number of hydrogen-bond acceptors (Lipinski definition) is 2. The predicted molar refractivity (Wildman–Crippen MR) is 74.9 cm³/mol. The van der Waals surface area contributed by atoms with E-state index in [1.54, 1.807) is 0 Å². The van der Waals surface area contributed by atoms with Crippen molar-refractivity contribution in [2.75, 3.05) is 6.54 Å². The summed E-state index contributed by atoms with van der Waals surface area (Å²) in [7, 11) is 0. The molecule has 2 aromatic rings. The Balaban J connectivity index is 2.37. The van der Waals surface area contributed by atoms with Crippen LogP contribution in [0.4, 0.5) is 13.2 Å². The van der Waals surface area contributed by atoms with E-state index in [-0.39, 0.29) is 17.5 Å². The highest BCUT2D eigenvalue weighted by Crippen LogP contribution is 2.32. The van der Waals surface area contributed by atoms with Crippen molar-refractivity contribution in [1.29, 1.82) is 0 Å². The first-order chi connectivity index (χ1) is 10.0. The Kier molecular flexibility index (Phi) is 4.85. The molecule has 0 fully saturated rings. The number of ether oxygens (including phenoxy) is 1. The summed E-state index contributed by atoms with van der Waals surface area (Å²) in [5.41, 5.74) is 0.542. The van der Waals surface area contributed by atoms with Crippen molar-refractivity contribution in [2.45, 2.75) is 19.9 Å². The first-order valence-electron chi connectivity index (χ1n) is 6.67. The van der Waals surface area contributed by atoms with Crippen LogP contribution < -0.4 is 10.1 Å². The third kappa shape index (κ3) is 3.76. The van der Waals surface area contributed by atoms with E-state index in [0.717, 1.165) is 18.2 Å². The van der Waals surface area contributed by atoms with Gasteiger partial charge >= 0.3 is 0 Å². The monoisotopic (exact) mass is 295 g/mol. The Bertz CT molecular complexity index is 631. The Morgan fingerprint density at radius 2 is 1.67 bits per heavy atom. The second kappa shape index (κ2) is 6.63. The molecule has 0 spiro atoms. The molecular formula is C16H16F3NO. The van der Waals surface area contributed by atoms with Crippen LogP contribution in [-0.2, 0) is 0 Å². The van der Waals surface area contributed by atoms with Crippen molar-refractivity contribution < 1.29 is 17.9 Å². The van der Waals surface area contributed by atoms with E-state index in [1.807, 2.05) is 13.8 Å². The molecule has 112 valence electrons. The zero-order valence-electron chi connectivity index (χ0n) is 11.8. The fraction of sp³-hybridized carbons (Fsp3) is 0.250. The highest BCUT2D eigenvalue weighted by atomic mass is 19.1. The van der Waals surface area contributed by atoms with E-state index in [9.17, 15) is 13.2 Å². The van der Waals surface area contributed by atoms with E-state index in [2.05, 4.69) is 5.32 Å². The molecule has 1 atom stereocenters. The summed E-state index contributed by atoms with van der Waals surface area (Å²) in [5, 5.41) is 3.13. The Labute approximate surface area is 121 Å². The standard InChI is InChI=1S/C16H16F3NO/c1-3-20-10(2)13-8-11(17)5-7-15(13)21-16-9-12(18)4-6-14(16)19/h4-10,20H,3H2,1-2H3. The molecule has 2 rings (SSSR count). The van der Waals surface area contributed by atoms with Crippen LogP contribution in [0.2, 0.25) is 0 Å². The number of rotatable bonds is 5. The molecule has 21 heavy (non-hydrogen) atoms. The molecule has 2 nitrogen and oxygen atoms in total. The van der Waals surface area contributed by atoms with Gasteiger partial charge in [0.2, 0.25) is 0 Å². The van der Waals surface area contributed by atoms with Crippen molar-refractivity contribution in [1.82, 2.24) is 5.32 Å². The molecule has 2 aromatic carbocycles. The molecule has 0 saturated carbocycles. The predicted octanol–water partition coefficient (Wildman–Crippen LogP) is 4.57. The molecule has 0 aliphatic carbocycles. The SMILES string of the molecule is CCNC(C)c1cc(F)ccc1Oc1cc(F)ccc1F. The number of nitrogens with one attached hydrogen (secondary N) is 1. The van der Waals surface area contributed by atoms with Gasteiger partial charge in [0.05, 0.1) is 0 Å². The van der Waals surface area contributed by atoms with Crippen molar-refractivity contribution in [3.8, 4) is 11.5 Å². The lowest BCUT2D eigenvalue weighted by Crippen LogP contribution is -2.18. The molecule has 0 amide bonds. The van der Waals surface area contributed by atoms with Gasteiger partial charge in [0.1, 0.15) is 17.4 Å². The van der Waals surface area contributed by atoms with Gasteiger partial charge in [-0.05, 0) is 43.8 Å². The fourth-order valence-electron chi connectivity index (χ4n) is 2.04. The molecule has 0 aromatic heterocycles. The molecule has 0 aliphatic rings. The summed E-state index contributed by atoms with van der Waals surface area (Å²) in [6.45, 7) is 4.45. The van der Waals surface area contributed by atoms with Crippen LogP contribution in [0.1, 0.15) is 25.5 Å². The maximum atomic E-state index is 13.6. The van der Waals surface area contributed by atoms with Gasteiger partial charge in [-0.25, -0.2) is 13.2 Å². The van der Waals surface area contributed by atoms with Crippen LogP contribution in [-0.4, -0.2) is 6.54 Å². The summed E-state index contributed by atoms with van der Waals surface area (Å²) in [4.78, 5) is 0. The summed E-state index contributed by atoms with van der Waals surface area (Å²) in [6.07, 6.45) is 0. The van der Waals surface area contributed by atoms with Crippen molar-refractivity contribution in [3.05, 3.63) is 59.4 Å². The van der Waals surface area contributed by atoms with E-state index >= 15 is 0 Å². The third-order valence-electron chi connectivity index (χ3n) is 3.06. The van der Waals surface area contributed by atoms with Gasteiger partial charge in [0.15, 0.2) is 11.6 Å². The fourth-order valence-corrected chi connectivity index (χ4v) is 2.04. The first-order valence-corrected chi connectivity index (χ1v) is 6.67. The highest BCUT2D eigenvalue weighted by Gasteiger charge is 2.15. The molecular weight excluding hydrogens is 279 g/mol. The van der Waals surface area contributed by atoms with Crippen LogP contribution in [0.5, 0.6) is 11.5 Å². The summed E-state index contributed by atoms with van der Waals surface area (Å²) >= 11 is 0. The topological polar surface area (TPSA) is 21.3 Å². The minimum atomic E-state index is -0.678. The number of hydrogen-bond donors (Lipinski definition) is 1. The van der Waals surface area contributed by atoms with Crippen LogP contribution in [0.15, 0.2) is 36.4 Å². The van der Waals surface area contributed by atoms with Gasteiger partial charge in [-0.3, -0.25) is 0 Å². The Morgan fingerprint density at radius 1 is 1.00 bits per heavy atom. The zero-order valence-corrected chi connectivity index (χ0v) is 11.8. The van der Waals surface area contributed by atoms with Gasteiger partial charge in [-0.1, -0.05) is 6.92 Å². The van der Waals surface area contributed by atoms with E-state index in [0.29, 0.717) is 12.1 Å². The zero-order chi connectivity index (χ0) is 15.4. The maximum absolute atomic E-state index is 13.6. The molecule has 0 saturated heterocycles. The van der Waals surface area contributed by atoms with Gasteiger partial charge < -0.3 is 10.1 Å². The van der Waals surface area contributed by atoms with Crippen LogP contribution >= 0.6 is 0 Å². The molecule has 0 radical (unpaired) electrons.